The molecule has 0 spiro atoms. The molecule has 1 aromatic heterocycles. The lowest BCUT2D eigenvalue weighted by Crippen LogP contribution is -2.29. The normalized spacial score (nSPS) is 22.6. The van der Waals surface area contributed by atoms with Crippen molar-refractivity contribution in [3.8, 4) is 0 Å². The first-order valence-electron chi connectivity index (χ1n) is 6.13. The number of carbonyl (C=O) groups is 1. The fourth-order valence-corrected chi connectivity index (χ4v) is 4.39. The molecule has 0 saturated heterocycles. The van der Waals surface area contributed by atoms with Crippen LogP contribution in [0.15, 0.2) is 4.90 Å². The molecule has 1 aliphatic carbocycles. The Morgan fingerprint density at radius 3 is 2.84 bits per heavy atom. The number of nitrogens with two attached hydrogens (primary N) is 2. The Hall–Kier alpha value is -0.920. The monoisotopic (exact) mass is 301 g/mol. The van der Waals surface area contributed by atoms with E-state index in [-0.39, 0.29) is 12.1 Å². The van der Waals surface area contributed by atoms with Gasteiger partial charge in [0.25, 0.3) is 5.91 Å². The van der Waals surface area contributed by atoms with E-state index in [4.69, 9.17) is 16.2 Å². The maximum absolute atomic E-state index is 11.4. The van der Waals surface area contributed by atoms with Crippen LogP contribution in [0.3, 0.4) is 0 Å². The number of primary amides is 1. The van der Waals surface area contributed by atoms with Gasteiger partial charge in [0.2, 0.25) is 0 Å². The number of nitrogens with one attached hydrogen (secondary N) is 1. The molecule has 0 aromatic carbocycles. The Balaban J connectivity index is 2.24. The van der Waals surface area contributed by atoms with E-state index in [2.05, 4.69) is 5.32 Å². The van der Waals surface area contributed by atoms with Gasteiger partial charge >= 0.3 is 0 Å². The highest BCUT2D eigenvalue weighted by Crippen LogP contribution is 2.42. The molecule has 5 nitrogen and oxygen atoms in total. The Morgan fingerprint density at radius 1 is 1.53 bits per heavy atom. The highest BCUT2D eigenvalue weighted by atomic mass is 32.2. The topological polar surface area (TPSA) is 90.4 Å². The van der Waals surface area contributed by atoms with Crippen LogP contribution in [0.25, 0.3) is 0 Å². The highest BCUT2D eigenvalue weighted by Gasteiger charge is 2.29. The summed E-state index contributed by atoms with van der Waals surface area (Å²) in [6.07, 6.45) is 5.43. The lowest BCUT2D eigenvalue weighted by molar-refractivity contribution is 0.100. The van der Waals surface area contributed by atoms with Gasteiger partial charge in [-0.1, -0.05) is 0 Å². The quantitative estimate of drug-likeness (QED) is 0.725. The van der Waals surface area contributed by atoms with Gasteiger partial charge in [-0.3, -0.25) is 4.79 Å². The second-order valence-electron chi connectivity index (χ2n) is 4.53. The second-order valence-corrected chi connectivity index (χ2v) is 6.36. The lowest BCUT2D eigenvalue weighted by atomic mass is 10.2. The summed E-state index contributed by atoms with van der Waals surface area (Å²) in [7, 11) is 1.73. The Morgan fingerprint density at radius 2 is 2.26 bits per heavy atom. The summed E-state index contributed by atoms with van der Waals surface area (Å²) < 4.78 is 5.47. The molecular weight excluding hydrogens is 282 g/mol. The van der Waals surface area contributed by atoms with E-state index >= 15 is 0 Å². The molecule has 2 atom stereocenters. The molecule has 1 aromatic rings. The number of hydrogen-bond acceptors (Lipinski definition) is 6. The van der Waals surface area contributed by atoms with Crippen molar-refractivity contribution in [3.05, 3.63) is 4.88 Å². The van der Waals surface area contributed by atoms with Crippen LogP contribution in [0.5, 0.6) is 0 Å². The molecule has 7 heteroatoms. The molecule has 0 aliphatic heterocycles. The van der Waals surface area contributed by atoms with Gasteiger partial charge in [-0.25, -0.2) is 0 Å². The minimum absolute atomic E-state index is 0.218. The van der Waals surface area contributed by atoms with Gasteiger partial charge < -0.3 is 21.5 Å². The number of methoxy groups -OCH3 is 1. The molecular formula is C12H19N3O2S2. The molecule has 19 heavy (non-hydrogen) atoms. The maximum atomic E-state index is 11.4. The minimum atomic E-state index is -0.472. The van der Waals surface area contributed by atoms with Crippen LogP contribution in [0.2, 0.25) is 0 Å². The summed E-state index contributed by atoms with van der Waals surface area (Å²) in [5.74, 6) is -0.472. The van der Waals surface area contributed by atoms with Crippen molar-refractivity contribution in [1.29, 1.82) is 0 Å². The van der Waals surface area contributed by atoms with E-state index in [9.17, 15) is 4.79 Å². The van der Waals surface area contributed by atoms with Gasteiger partial charge in [0.05, 0.1) is 22.7 Å². The highest BCUT2D eigenvalue weighted by molar-refractivity contribution is 7.99. The number of ether oxygens (including phenoxy) is 1. The standard InChI is InChI=1S/C12H19N3O2S2/c1-17-7-5-3-4-6(7)15-12-10(18-2)8(13)9(19-12)11(14)16/h6-7,15H,3-5,13H2,1-2H3,(H2,14,16). The van der Waals surface area contributed by atoms with Gasteiger partial charge in [-0.15, -0.1) is 23.1 Å². The number of thioether (sulfide) groups is 1. The van der Waals surface area contributed by atoms with Crippen molar-refractivity contribution in [3.63, 3.8) is 0 Å². The predicted molar refractivity (Wildman–Crippen MR) is 81.1 cm³/mol. The van der Waals surface area contributed by atoms with Gasteiger partial charge in [0.1, 0.15) is 9.88 Å². The van der Waals surface area contributed by atoms with Crippen molar-refractivity contribution in [1.82, 2.24) is 0 Å². The van der Waals surface area contributed by atoms with Crippen LogP contribution < -0.4 is 16.8 Å². The Bertz CT molecular complexity index is 476. The smallest absolute Gasteiger partial charge is 0.261 e. The number of carbonyl (C=O) groups excluding carboxylic acids is 1. The molecule has 1 aliphatic rings. The number of rotatable bonds is 5. The van der Waals surface area contributed by atoms with Crippen LogP contribution in [-0.4, -0.2) is 31.4 Å². The summed E-state index contributed by atoms with van der Waals surface area (Å²) >= 11 is 2.86. The molecule has 0 radical (unpaired) electrons. The molecule has 1 heterocycles. The third-order valence-corrected chi connectivity index (χ3v) is 5.51. The third-order valence-electron chi connectivity index (χ3n) is 3.40. The fraction of sp³-hybridized carbons (Fsp3) is 0.583. The van der Waals surface area contributed by atoms with Crippen molar-refractivity contribution in [2.45, 2.75) is 36.3 Å². The van der Waals surface area contributed by atoms with E-state index in [0.29, 0.717) is 10.6 Å². The summed E-state index contributed by atoms with van der Waals surface area (Å²) in [4.78, 5) is 12.7. The van der Waals surface area contributed by atoms with Crippen molar-refractivity contribution >= 4 is 39.7 Å². The number of anilines is 2. The first-order chi connectivity index (χ1) is 9.08. The minimum Gasteiger partial charge on any atom is -0.396 e. The molecule has 1 fully saturated rings. The number of nitrogen functional groups attached to an aromatic ring is 1. The molecule has 2 unspecified atom stereocenters. The van der Waals surface area contributed by atoms with Crippen LogP contribution in [-0.2, 0) is 4.74 Å². The summed E-state index contributed by atoms with van der Waals surface area (Å²) in [6.45, 7) is 0. The van der Waals surface area contributed by atoms with Crippen LogP contribution in [0.1, 0.15) is 28.9 Å². The average molecular weight is 301 g/mol. The second kappa shape index (κ2) is 6.02. The van der Waals surface area contributed by atoms with Crippen LogP contribution in [0, 0.1) is 0 Å². The maximum Gasteiger partial charge on any atom is 0.261 e. The van der Waals surface area contributed by atoms with E-state index in [0.717, 1.165) is 29.2 Å². The lowest BCUT2D eigenvalue weighted by Gasteiger charge is -2.20. The van der Waals surface area contributed by atoms with E-state index in [1.54, 1.807) is 7.11 Å². The van der Waals surface area contributed by atoms with Crippen LogP contribution in [0.4, 0.5) is 10.7 Å². The zero-order chi connectivity index (χ0) is 14.0. The van der Waals surface area contributed by atoms with E-state index < -0.39 is 5.91 Å². The van der Waals surface area contributed by atoms with Crippen molar-refractivity contribution in [2.24, 2.45) is 5.73 Å². The zero-order valence-corrected chi connectivity index (χ0v) is 12.7. The molecule has 5 N–H and O–H groups in total. The molecule has 1 saturated carbocycles. The van der Waals surface area contributed by atoms with Gasteiger partial charge in [-0.2, -0.15) is 0 Å². The average Bonchev–Trinajstić information content (AvgIpc) is 2.94. The first kappa shape index (κ1) is 14.5. The summed E-state index contributed by atoms with van der Waals surface area (Å²) in [6, 6.07) is 0.273. The Labute approximate surface area is 121 Å². The van der Waals surface area contributed by atoms with Gasteiger partial charge in [-0.05, 0) is 25.5 Å². The number of hydrogen-bond donors (Lipinski definition) is 3. The van der Waals surface area contributed by atoms with Gasteiger partial charge in [0, 0.05) is 7.11 Å². The van der Waals surface area contributed by atoms with Crippen LogP contribution >= 0.6 is 23.1 Å². The van der Waals surface area contributed by atoms with Gasteiger partial charge in [0.15, 0.2) is 0 Å². The molecule has 1 amide bonds. The Kier molecular flexibility index (Phi) is 4.59. The predicted octanol–water partition coefficient (Wildman–Crippen LogP) is 2.13. The molecule has 106 valence electrons. The largest absolute Gasteiger partial charge is 0.396 e. The summed E-state index contributed by atoms with van der Waals surface area (Å²) in [5.41, 5.74) is 11.8. The number of thiophene rings is 1. The molecule has 0 bridgehead atoms. The zero-order valence-electron chi connectivity index (χ0n) is 11.1. The first-order valence-corrected chi connectivity index (χ1v) is 8.18. The van der Waals surface area contributed by atoms with Crippen molar-refractivity contribution in [2.75, 3.05) is 24.4 Å². The number of amides is 1. The van der Waals surface area contributed by atoms with Crippen molar-refractivity contribution < 1.29 is 9.53 Å². The van der Waals surface area contributed by atoms with E-state index in [1.165, 1.54) is 23.1 Å². The molecule has 2 rings (SSSR count). The SMILES string of the molecule is COC1CCCC1Nc1sc(C(N)=O)c(N)c1SC. The fourth-order valence-electron chi connectivity index (χ4n) is 2.45. The third kappa shape index (κ3) is 2.82. The van der Waals surface area contributed by atoms with E-state index in [1.807, 2.05) is 6.26 Å². The summed E-state index contributed by atoms with van der Waals surface area (Å²) in [5, 5.41) is 4.39.